The molecule has 7 heteroatoms. The normalized spacial score (nSPS) is 9.95. The van der Waals surface area contributed by atoms with Crippen molar-refractivity contribution in [3.05, 3.63) is 52.8 Å². The van der Waals surface area contributed by atoms with Gasteiger partial charge in [0.1, 0.15) is 10.9 Å². The van der Waals surface area contributed by atoms with Gasteiger partial charge in [0, 0.05) is 11.8 Å². The van der Waals surface area contributed by atoms with E-state index in [-0.39, 0.29) is 10.7 Å². The molecule has 0 aliphatic heterocycles. The Morgan fingerprint density at radius 1 is 1.18 bits per heavy atom. The van der Waals surface area contributed by atoms with Crippen molar-refractivity contribution in [2.75, 3.05) is 19.5 Å². The van der Waals surface area contributed by atoms with Crippen LogP contribution in [0.3, 0.4) is 0 Å². The molecule has 1 heterocycles. The number of hydrogen-bond donors (Lipinski definition) is 1. The van der Waals surface area contributed by atoms with Crippen molar-refractivity contribution in [3.8, 4) is 5.75 Å². The lowest BCUT2D eigenvalue weighted by Gasteiger charge is -2.11. The van der Waals surface area contributed by atoms with Crippen molar-refractivity contribution in [1.29, 1.82) is 0 Å². The maximum Gasteiger partial charge on any atom is 0.340 e. The summed E-state index contributed by atoms with van der Waals surface area (Å²) in [5.41, 5.74) is 0.826. The first-order valence-corrected chi connectivity index (χ1v) is 6.62. The lowest BCUT2D eigenvalue weighted by Crippen LogP contribution is -2.15. The Balaban J connectivity index is 2.32. The second kappa shape index (κ2) is 6.91. The molecule has 0 fully saturated rings. The van der Waals surface area contributed by atoms with Crippen LogP contribution in [0, 0.1) is 0 Å². The Kier molecular flexibility index (Phi) is 4.95. The molecule has 1 N–H and O–H groups in total. The summed E-state index contributed by atoms with van der Waals surface area (Å²) in [6, 6.07) is 7.62. The van der Waals surface area contributed by atoms with E-state index in [0.29, 0.717) is 17.0 Å². The number of carbonyl (C=O) groups excluding carboxylic acids is 2. The summed E-state index contributed by atoms with van der Waals surface area (Å²) in [5, 5.41) is 2.84. The van der Waals surface area contributed by atoms with Crippen LogP contribution in [0.25, 0.3) is 0 Å². The number of nitrogens with zero attached hydrogens (tertiary/aromatic N) is 1. The number of aromatic nitrogens is 1. The highest BCUT2D eigenvalue weighted by Crippen LogP contribution is 2.23. The second-order valence-electron chi connectivity index (χ2n) is 4.22. The minimum atomic E-state index is -0.582. The van der Waals surface area contributed by atoms with E-state index in [9.17, 15) is 9.59 Å². The number of halogens is 1. The van der Waals surface area contributed by atoms with E-state index < -0.39 is 11.9 Å². The van der Waals surface area contributed by atoms with E-state index in [4.69, 9.17) is 21.1 Å². The van der Waals surface area contributed by atoms with E-state index in [1.807, 2.05) is 0 Å². The van der Waals surface area contributed by atoms with Gasteiger partial charge in [0.05, 0.1) is 25.5 Å². The fourth-order valence-electron chi connectivity index (χ4n) is 1.78. The van der Waals surface area contributed by atoms with Crippen LogP contribution in [0.1, 0.15) is 20.7 Å². The standard InChI is InChI=1S/C15H13ClN2O4/c1-21-10-3-4-12(11(8-10)15(20)22-2)18-14(19)9-5-6-17-13(16)7-9/h3-8H,1-2H3,(H,18,19). The molecule has 0 radical (unpaired) electrons. The molecule has 1 aromatic carbocycles. The number of hydrogen-bond acceptors (Lipinski definition) is 5. The molecule has 1 aromatic heterocycles. The van der Waals surface area contributed by atoms with Crippen LogP contribution in [0.2, 0.25) is 5.15 Å². The lowest BCUT2D eigenvalue weighted by atomic mass is 10.1. The van der Waals surface area contributed by atoms with Crippen LogP contribution in [0.15, 0.2) is 36.5 Å². The molecule has 114 valence electrons. The molecule has 2 rings (SSSR count). The first-order chi connectivity index (χ1) is 10.5. The predicted octanol–water partition coefficient (Wildman–Crippen LogP) is 2.78. The minimum absolute atomic E-state index is 0.190. The van der Waals surface area contributed by atoms with Gasteiger partial charge in [-0.25, -0.2) is 9.78 Å². The third-order valence-corrected chi connectivity index (χ3v) is 3.08. The molecule has 0 saturated carbocycles. The van der Waals surface area contributed by atoms with E-state index in [1.165, 1.54) is 38.6 Å². The summed E-state index contributed by atoms with van der Waals surface area (Å²) in [7, 11) is 2.74. The fraction of sp³-hybridized carbons (Fsp3) is 0.133. The molecule has 1 amide bonds. The van der Waals surface area contributed by atoms with Crippen molar-refractivity contribution in [2.24, 2.45) is 0 Å². The van der Waals surface area contributed by atoms with Gasteiger partial charge in [-0.2, -0.15) is 0 Å². The van der Waals surface area contributed by atoms with Gasteiger partial charge in [0.2, 0.25) is 0 Å². The summed E-state index contributed by atoms with van der Waals surface area (Å²) in [6.07, 6.45) is 1.42. The highest BCUT2D eigenvalue weighted by atomic mass is 35.5. The van der Waals surface area contributed by atoms with Gasteiger partial charge >= 0.3 is 5.97 Å². The average molecular weight is 321 g/mol. The topological polar surface area (TPSA) is 77.5 Å². The zero-order valence-corrected chi connectivity index (χ0v) is 12.7. The first kappa shape index (κ1) is 15.8. The maximum absolute atomic E-state index is 12.2. The van der Waals surface area contributed by atoms with Gasteiger partial charge in [0.25, 0.3) is 5.91 Å². The molecule has 0 atom stereocenters. The number of carbonyl (C=O) groups is 2. The Hall–Kier alpha value is -2.60. The first-order valence-electron chi connectivity index (χ1n) is 6.24. The van der Waals surface area contributed by atoms with Gasteiger partial charge in [-0.3, -0.25) is 4.79 Å². The van der Waals surface area contributed by atoms with Gasteiger partial charge in [0.15, 0.2) is 0 Å². The summed E-state index contributed by atoms with van der Waals surface area (Å²) < 4.78 is 9.77. The molecule has 6 nitrogen and oxygen atoms in total. The fourth-order valence-corrected chi connectivity index (χ4v) is 1.95. The predicted molar refractivity (Wildman–Crippen MR) is 81.5 cm³/mol. The molecule has 0 unspecified atom stereocenters. The van der Waals surface area contributed by atoms with E-state index >= 15 is 0 Å². The molecular weight excluding hydrogens is 308 g/mol. The highest BCUT2D eigenvalue weighted by Gasteiger charge is 2.16. The van der Waals surface area contributed by atoms with Crippen LogP contribution in [0.5, 0.6) is 5.75 Å². The van der Waals surface area contributed by atoms with Gasteiger partial charge in [-0.05, 0) is 30.3 Å². The third kappa shape index (κ3) is 3.53. The highest BCUT2D eigenvalue weighted by molar-refractivity contribution is 6.29. The third-order valence-electron chi connectivity index (χ3n) is 2.87. The molecule has 0 aliphatic rings. The number of pyridine rings is 1. The average Bonchev–Trinajstić information content (AvgIpc) is 2.54. The summed E-state index contributed by atoms with van der Waals surface area (Å²) in [6.45, 7) is 0. The van der Waals surface area contributed by atoms with Crippen LogP contribution in [0.4, 0.5) is 5.69 Å². The van der Waals surface area contributed by atoms with Crippen LogP contribution in [-0.4, -0.2) is 31.1 Å². The van der Waals surface area contributed by atoms with Crippen molar-refractivity contribution in [3.63, 3.8) is 0 Å². The number of ether oxygens (including phenoxy) is 2. The quantitative estimate of drug-likeness (QED) is 0.692. The second-order valence-corrected chi connectivity index (χ2v) is 4.61. The van der Waals surface area contributed by atoms with Crippen molar-refractivity contribution >= 4 is 29.2 Å². The van der Waals surface area contributed by atoms with E-state index in [0.717, 1.165) is 0 Å². The molecule has 0 aliphatic carbocycles. The zero-order chi connectivity index (χ0) is 16.1. The molecular formula is C15H13ClN2O4. The zero-order valence-electron chi connectivity index (χ0n) is 11.9. The number of rotatable bonds is 4. The number of methoxy groups -OCH3 is 2. The van der Waals surface area contributed by atoms with E-state index in [1.54, 1.807) is 12.1 Å². The Morgan fingerprint density at radius 3 is 2.59 bits per heavy atom. The number of anilines is 1. The molecule has 0 spiro atoms. The smallest absolute Gasteiger partial charge is 0.340 e. The Labute approximate surface area is 132 Å². The summed E-state index contributed by atoms with van der Waals surface area (Å²) in [5.74, 6) is -0.521. The van der Waals surface area contributed by atoms with Crippen LogP contribution >= 0.6 is 11.6 Å². The lowest BCUT2D eigenvalue weighted by molar-refractivity contribution is 0.0601. The number of nitrogens with one attached hydrogen (secondary N) is 1. The summed E-state index contributed by atoms with van der Waals surface area (Å²) >= 11 is 5.75. The maximum atomic E-state index is 12.2. The number of esters is 1. The van der Waals surface area contributed by atoms with Crippen LogP contribution < -0.4 is 10.1 Å². The van der Waals surface area contributed by atoms with E-state index in [2.05, 4.69) is 10.3 Å². The largest absolute Gasteiger partial charge is 0.497 e. The van der Waals surface area contributed by atoms with Crippen molar-refractivity contribution < 1.29 is 19.1 Å². The molecule has 22 heavy (non-hydrogen) atoms. The number of amides is 1. The number of benzene rings is 1. The molecule has 0 bridgehead atoms. The minimum Gasteiger partial charge on any atom is -0.497 e. The monoisotopic (exact) mass is 320 g/mol. The molecule has 0 saturated heterocycles. The van der Waals surface area contributed by atoms with Crippen LogP contribution in [-0.2, 0) is 4.74 Å². The molecule has 2 aromatic rings. The van der Waals surface area contributed by atoms with Crippen molar-refractivity contribution in [1.82, 2.24) is 4.98 Å². The van der Waals surface area contributed by atoms with Gasteiger partial charge < -0.3 is 14.8 Å². The summed E-state index contributed by atoms with van der Waals surface area (Å²) in [4.78, 5) is 27.8. The van der Waals surface area contributed by atoms with Gasteiger partial charge in [-0.15, -0.1) is 0 Å². The Morgan fingerprint density at radius 2 is 1.95 bits per heavy atom. The van der Waals surface area contributed by atoms with Crippen molar-refractivity contribution in [2.45, 2.75) is 0 Å². The SMILES string of the molecule is COC(=O)c1cc(OC)ccc1NC(=O)c1ccnc(Cl)c1. The Bertz CT molecular complexity index is 718. The van der Waals surface area contributed by atoms with Gasteiger partial charge in [-0.1, -0.05) is 11.6 Å².